The number of carbonyl (C=O) groups is 2. The van der Waals surface area contributed by atoms with Crippen molar-refractivity contribution >= 4 is 28.7 Å². The number of anilines is 1. The molecule has 2 aromatic rings. The molecule has 3 N–H and O–H groups in total. The van der Waals surface area contributed by atoms with E-state index in [1.165, 1.54) is 0 Å². The van der Waals surface area contributed by atoms with E-state index in [0.29, 0.717) is 16.7 Å². The second-order valence-corrected chi connectivity index (χ2v) is 4.92. The minimum absolute atomic E-state index is 0.212. The molecule has 21 heavy (non-hydrogen) atoms. The predicted molar refractivity (Wildman–Crippen MR) is 78.0 cm³/mol. The lowest BCUT2D eigenvalue weighted by Gasteiger charge is -2.18. The molecule has 0 aliphatic heterocycles. The van der Waals surface area contributed by atoms with Gasteiger partial charge in [0.1, 0.15) is 6.04 Å². The fourth-order valence-corrected chi connectivity index (χ4v) is 1.86. The summed E-state index contributed by atoms with van der Waals surface area (Å²) in [4.78, 5) is 31.2. The molecule has 1 unspecified atom stereocenters. The Bertz CT molecular complexity index is 672. The van der Waals surface area contributed by atoms with Gasteiger partial charge in [-0.05, 0) is 24.1 Å². The normalized spacial score (nSPS) is 12.1. The van der Waals surface area contributed by atoms with E-state index in [1.807, 2.05) is 0 Å². The van der Waals surface area contributed by atoms with Gasteiger partial charge in [-0.15, -0.1) is 0 Å². The van der Waals surface area contributed by atoms with Gasteiger partial charge in [0.05, 0.1) is 11.0 Å². The Morgan fingerprint density at radius 1 is 1.14 bits per heavy atom. The van der Waals surface area contributed by atoms with Gasteiger partial charge in [-0.1, -0.05) is 13.8 Å². The van der Waals surface area contributed by atoms with Crippen molar-refractivity contribution in [3.8, 4) is 0 Å². The molecule has 0 saturated carbocycles. The second kappa shape index (κ2) is 6.17. The molecule has 1 atom stereocenters. The Hall–Kier alpha value is -2.70. The Balaban J connectivity index is 2.08. The van der Waals surface area contributed by atoms with E-state index < -0.39 is 18.0 Å². The summed E-state index contributed by atoms with van der Waals surface area (Å²) in [6.45, 7) is 3.45. The number of hydrogen-bond donors (Lipinski definition) is 3. The number of carbonyl (C=O) groups excluding carboxylic acids is 1. The average Bonchev–Trinajstić information content (AvgIpc) is 2.44. The highest BCUT2D eigenvalue weighted by molar-refractivity contribution is 5.94. The molecule has 2 rings (SSSR count). The van der Waals surface area contributed by atoms with Gasteiger partial charge in [0.2, 0.25) is 0 Å². The number of nitrogens with one attached hydrogen (secondary N) is 2. The highest BCUT2D eigenvalue weighted by atomic mass is 16.4. The molecule has 110 valence electrons. The number of aromatic nitrogens is 2. The quantitative estimate of drug-likeness (QED) is 0.796. The number of hydrogen-bond acceptors (Lipinski definition) is 4. The molecule has 1 heterocycles. The number of carboxylic acid groups (broad SMARTS) is 1. The van der Waals surface area contributed by atoms with E-state index in [-0.39, 0.29) is 5.92 Å². The van der Waals surface area contributed by atoms with Gasteiger partial charge in [0, 0.05) is 18.1 Å². The van der Waals surface area contributed by atoms with Gasteiger partial charge in [0.15, 0.2) is 0 Å². The van der Waals surface area contributed by atoms with E-state index >= 15 is 0 Å². The summed E-state index contributed by atoms with van der Waals surface area (Å²) >= 11 is 0. The Labute approximate surface area is 121 Å². The summed E-state index contributed by atoms with van der Waals surface area (Å²) in [6.07, 6.45) is 3.15. The van der Waals surface area contributed by atoms with Gasteiger partial charge in [-0.2, -0.15) is 0 Å². The van der Waals surface area contributed by atoms with Crippen LogP contribution in [-0.4, -0.2) is 33.1 Å². The maximum Gasteiger partial charge on any atom is 0.326 e. The SMILES string of the molecule is CC(C)C(NC(=O)Nc1ccc2nccnc2c1)C(=O)O. The molecule has 7 heteroatoms. The minimum atomic E-state index is -1.07. The van der Waals surface area contributed by atoms with Crippen molar-refractivity contribution < 1.29 is 14.7 Å². The predicted octanol–water partition coefficient (Wildman–Crippen LogP) is 1.86. The molecule has 0 aliphatic carbocycles. The van der Waals surface area contributed by atoms with Crippen LogP contribution in [0.1, 0.15) is 13.8 Å². The van der Waals surface area contributed by atoms with Gasteiger partial charge in [0.25, 0.3) is 0 Å². The van der Waals surface area contributed by atoms with Crippen molar-refractivity contribution in [1.82, 2.24) is 15.3 Å². The monoisotopic (exact) mass is 288 g/mol. The number of carboxylic acids is 1. The van der Waals surface area contributed by atoms with Crippen molar-refractivity contribution in [3.63, 3.8) is 0 Å². The van der Waals surface area contributed by atoms with Crippen LogP contribution in [0.3, 0.4) is 0 Å². The van der Waals surface area contributed by atoms with Crippen LogP contribution >= 0.6 is 0 Å². The third-order valence-electron chi connectivity index (χ3n) is 2.95. The van der Waals surface area contributed by atoms with Crippen LogP contribution in [0, 0.1) is 5.92 Å². The lowest BCUT2D eigenvalue weighted by atomic mass is 10.1. The zero-order valence-electron chi connectivity index (χ0n) is 11.7. The fraction of sp³-hybridized carbons (Fsp3) is 0.286. The van der Waals surface area contributed by atoms with Crippen LogP contribution in [0.5, 0.6) is 0 Å². The standard InChI is InChI=1S/C14H16N4O3/c1-8(2)12(13(19)20)18-14(21)17-9-3-4-10-11(7-9)16-6-5-15-10/h3-8,12H,1-2H3,(H,19,20)(H2,17,18,21). The first-order chi connectivity index (χ1) is 9.97. The summed E-state index contributed by atoms with van der Waals surface area (Å²) in [7, 11) is 0. The molecule has 0 spiro atoms. The van der Waals surface area contributed by atoms with Crippen molar-refractivity contribution in [1.29, 1.82) is 0 Å². The van der Waals surface area contributed by atoms with E-state index in [9.17, 15) is 9.59 Å². The molecule has 7 nitrogen and oxygen atoms in total. The lowest BCUT2D eigenvalue weighted by molar-refractivity contribution is -0.140. The number of nitrogens with zero attached hydrogens (tertiary/aromatic N) is 2. The van der Waals surface area contributed by atoms with Crippen molar-refractivity contribution in [2.75, 3.05) is 5.32 Å². The first-order valence-electron chi connectivity index (χ1n) is 6.48. The first kappa shape index (κ1) is 14.7. The molecule has 1 aromatic carbocycles. The van der Waals surface area contributed by atoms with Crippen LogP contribution in [0.15, 0.2) is 30.6 Å². The molecular weight excluding hydrogens is 272 g/mol. The zero-order chi connectivity index (χ0) is 15.4. The summed E-state index contributed by atoms with van der Waals surface area (Å²) in [5.41, 5.74) is 1.89. The molecule has 0 saturated heterocycles. The average molecular weight is 288 g/mol. The maximum absolute atomic E-state index is 11.8. The first-order valence-corrected chi connectivity index (χ1v) is 6.48. The molecule has 0 radical (unpaired) electrons. The van der Waals surface area contributed by atoms with Gasteiger partial charge in [-0.25, -0.2) is 9.59 Å². The second-order valence-electron chi connectivity index (χ2n) is 4.92. The Morgan fingerprint density at radius 2 is 1.81 bits per heavy atom. The smallest absolute Gasteiger partial charge is 0.326 e. The maximum atomic E-state index is 11.8. The Morgan fingerprint density at radius 3 is 2.43 bits per heavy atom. The summed E-state index contributed by atoms with van der Waals surface area (Å²) in [5, 5.41) is 14.1. The van der Waals surface area contributed by atoms with Crippen molar-refractivity contribution in [2.24, 2.45) is 5.92 Å². The van der Waals surface area contributed by atoms with Crippen molar-refractivity contribution in [2.45, 2.75) is 19.9 Å². The third-order valence-corrected chi connectivity index (χ3v) is 2.95. The number of urea groups is 1. The third kappa shape index (κ3) is 3.65. The molecule has 1 aromatic heterocycles. The summed E-state index contributed by atoms with van der Waals surface area (Å²) in [5.74, 6) is -1.28. The van der Waals surface area contributed by atoms with Crippen LogP contribution in [0.25, 0.3) is 11.0 Å². The van der Waals surface area contributed by atoms with E-state index in [2.05, 4.69) is 20.6 Å². The van der Waals surface area contributed by atoms with Crippen LogP contribution in [0.4, 0.5) is 10.5 Å². The topological polar surface area (TPSA) is 104 Å². The number of aliphatic carboxylic acids is 1. The van der Waals surface area contributed by atoms with Gasteiger partial charge in [-0.3, -0.25) is 9.97 Å². The highest BCUT2D eigenvalue weighted by Gasteiger charge is 2.23. The molecule has 2 amide bonds. The van der Waals surface area contributed by atoms with Crippen molar-refractivity contribution in [3.05, 3.63) is 30.6 Å². The van der Waals surface area contributed by atoms with E-state index in [4.69, 9.17) is 5.11 Å². The number of amides is 2. The van der Waals surface area contributed by atoms with Crippen LogP contribution < -0.4 is 10.6 Å². The highest BCUT2D eigenvalue weighted by Crippen LogP contribution is 2.15. The minimum Gasteiger partial charge on any atom is -0.480 e. The number of benzene rings is 1. The molecule has 0 aliphatic rings. The number of fused-ring (bicyclic) bond motifs is 1. The van der Waals surface area contributed by atoms with Gasteiger partial charge < -0.3 is 15.7 Å². The molecular formula is C14H16N4O3. The van der Waals surface area contributed by atoms with E-state index in [0.717, 1.165) is 0 Å². The summed E-state index contributed by atoms with van der Waals surface area (Å²) in [6, 6.07) is 3.58. The zero-order valence-corrected chi connectivity index (χ0v) is 11.7. The van der Waals surface area contributed by atoms with E-state index in [1.54, 1.807) is 44.4 Å². The number of rotatable bonds is 4. The van der Waals surface area contributed by atoms with Gasteiger partial charge >= 0.3 is 12.0 Å². The Kier molecular flexibility index (Phi) is 4.32. The lowest BCUT2D eigenvalue weighted by Crippen LogP contribution is -2.46. The largest absolute Gasteiger partial charge is 0.480 e. The summed E-state index contributed by atoms with van der Waals surface area (Å²) < 4.78 is 0. The molecule has 0 bridgehead atoms. The van der Waals surface area contributed by atoms with Crippen LogP contribution in [-0.2, 0) is 4.79 Å². The molecule has 0 fully saturated rings. The fourth-order valence-electron chi connectivity index (χ4n) is 1.86. The van der Waals surface area contributed by atoms with Crippen LogP contribution in [0.2, 0.25) is 0 Å².